The van der Waals surface area contributed by atoms with Crippen molar-refractivity contribution in [2.75, 3.05) is 12.3 Å². The second kappa shape index (κ2) is 7.89. The minimum atomic E-state index is -0.566. The van der Waals surface area contributed by atoms with Gasteiger partial charge in [0, 0.05) is 16.2 Å². The number of hydrogen-bond acceptors (Lipinski definition) is 4. The SMILES string of the molecule is CCC(CC)NC(=O)COC(=O)c1ccc(Br)c(N)c1. The first-order valence-corrected chi connectivity index (χ1v) is 7.28. The highest BCUT2D eigenvalue weighted by Gasteiger charge is 2.13. The highest BCUT2D eigenvalue weighted by Crippen LogP contribution is 2.20. The first kappa shape index (κ1) is 16.5. The van der Waals surface area contributed by atoms with E-state index in [9.17, 15) is 9.59 Å². The van der Waals surface area contributed by atoms with Gasteiger partial charge in [-0.15, -0.1) is 0 Å². The summed E-state index contributed by atoms with van der Waals surface area (Å²) in [5, 5.41) is 2.80. The minimum absolute atomic E-state index is 0.115. The average molecular weight is 343 g/mol. The molecule has 0 aliphatic carbocycles. The molecule has 1 amide bonds. The number of esters is 1. The average Bonchev–Trinajstić information content (AvgIpc) is 2.45. The number of ether oxygens (including phenoxy) is 1. The van der Waals surface area contributed by atoms with E-state index in [4.69, 9.17) is 10.5 Å². The Hall–Kier alpha value is -1.56. The number of benzene rings is 1. The summed E-state index contributed by atoms with van der Waals surface area (Å²) >= 11 is 3.24. The molecule has 1 aromatic rings. The Morgan fingerprint density at radius 2 is 2.00 bits per heavy atom. The molecule has 1 rings (SSSR count). The fourth-order valence-electron chi connectivity index (χ4n) is 1.65. The molecule has 20 heavy (non-hydrogen) atoms. The van der Waals surface area contributed by atoms with Crippen LogP contribution in [0.4, 0.5) is 5.69 Å². The lowest BCUT2D eigenvalue weighted by atomic mass is 10.2. The van der Waals surface area contributed by atoms with Gasteiger partial charge in [0.25, 0.3) is 5.91 Å². The van der Waals surface area contributed by atoms with Crippen molar-refractivity contribution < 1.29 is 14.3 Å². The van der Waals surface area contributed by atoms with Gasteiger partial charge in [0.2, 0.25) is 0 Å². The molecule has 0 unspecified atom stereocenters. The van der Waals surface area contributed by atoms with Crippen LogP contribution >= 0.6 is 15.9 Å². The molecule has 5 nitrogen and oxygen atoms in total. The topological polar surface area (TPSA) is 81.4 Å². The van der Waals surface area contributed by atoms with Crippen LogP contribution in [0, 0.1) is 0 Å². The molecule has 0 bridgehead atoms. The van der Waals surface area contributed by atoms with Gasteiger partial charge in [-0.2, -0.15) is 0 Å². The summed E-state index contributed by atoms with van der Waals surface area (Å²) in [5.41, 5.74) is 6.45. The number of halogens is 1. The molecule has 0 saturated carbocycles. The molecule has 0 heterocycles. The van der Waals surface area contributed by atoms with Crippen LogP contribution < -0.4 is 11.1 Å². The number of carbonyl (C=O) groups excluding carboxylic acids is 2. The van der Waals surface area contributed by atoms with Crippen molar-refractivity contribution in [1.29, 1.82) is 0 Å². The predicted molar refractivity (Wildman–Crippen MR) is 81.3 cm³/mol. The Morgan fingerprint density at radius 3 is 2.55 bits per heavy atom. The normalized spacial score (nSPS) is 10.4. The third kappa shape index (κ3) is 4.85. The third-order valence-corrected chi connectivity index (χ3v) is 3.64. The van der Waals surface area contributed by atoms with Crippen molar-refractivity contribution in [1.82, 2.24) is 5.32 Å². The number of nitrogen functional groups attached to an aromatic ring is 1. The van der Waals surface area contributed by atoms with Crippen LogP contribution in [-0.2, 0) is 9.53 Å². The molecule has 0 aliphatic heterocycles. The van der Waals surface area contributed by atoms with Crippen LogP contribution in [0.3, 0.4) is 0 Å². The van der Waals surface area contributed by atoms with Crippen LogP contribution in [-0.4, -0.2) is 24.5 Å². The molecule has 3 N–H and O–H groups in total. The van der Waals surface area contributed by atoms with Crippen LogP contribution in [0.2, 0.25) is 0 Å². The standard InChI is InChI=1S/C14H19BrN2O3/c1-3-10(4-2)17-13(18)8-20-14(19)9-5-6-11(15)12(16)7-9/h5-7,10H,3-4,8,16H2,1-2H3,(H,17,18). The van der Waals surface area contributed by atoms with Crippen LogP contribution in [0.1, 0.15) is 37.0 Å². The summed E-state index contributed by atoms with van der Waals surface area (Å²) in [4.78, 5) is 23.4. The number of carbonyl (C=O) groups is 2. The van der Waals surface area contributed by atoms with Crippen LogP contribution in [0.25, 0.3) is 0 Å². The number of hydrogen-bond donors (Lipinski definition) is 2. The molecular formula is C14H19BrN2O3. The first-order chi connectivity index (χ1) is 9.47. The van der Waals surface area contributed by atoms with Gasteiger partial charge in [-0.1, -0.05) is 13.8 Å². The van der Waals surface area contributed by atoms with Gasteiger partial charge in [0.15, 0.2) is 6.61 Å². The molecule has 110 valence electrons. The Labute approximate surface area is 127 Å². The maximum Gasteiger partial charge on any atom is 0.338 e. The van der Waals surface area contributed by atoms with Gasteiger partial charge < -0.3 is 15.8 Å². The Morgan fingerprint density at radius 1 is 1.35 bits per heavy atom. The van der Waals surface area contributed by atoms with Crippen molar-refractivity contribution in [2.45, 2.75) is 32.7 Å². The van der Waals surface area contributed by atoms with E-state index in [1.165, 1.54) is 6.07 Å². The number of amides is 1. The minimum Gasteiger partial charge on any atom is -0.452 e. The van der Waals surface area contributed by atoms with Gasteiger partial charge in [0.05, 0.1) is 5.56 Å². The summed E-state index contributed by atoms with van der Waals surface area (Å²) in [5.74, 6) is -0.860. The number of anilines is 1. The molecule has 0 radical (unpaired) electrons. The highest BCUT2D eigenvalue weighted by molar-refractivity contribution is 9.10. The Bertz CT molecular complexity index is 487. The van der Waals surface area contributed by atoms with E-state index in [2.05, 4.69) is 21.2 Å². The molecule has 1 aromatic carbocycles. The van der Waals surface area contributed by atoms with Gasteiger partial charge in [0.1, 0.15) is 0 Å². The largest absolute Gasteiger partial charge is 0.452 e. The highest BCUT2D eigenvalue weighted by atomic mass is 79.9. The van der Waals surface area contributed by atoms with E-state index in [0.29, 0.717) is 15.7 Å². The zero-order valence-corrected chi connectivity index (χ0v) is 13.2. The lowest BCUT2D eigenvalue weighted by Gasteiger charge is -2.14. The molecule has 0 aliphatic rings. The number of nitrogens with two attached hydrogens (primary N) is 1. The van der Waals surface area contributed by atoms with E-state index >= 15 is 0 Å². The maximum absolute atomic E-state index is 11.8. The molecule has 0 aromatic heterocycles. The third-order valence-electron chi connectivity index (χ3n) is 2.92. The fraction of sp³-hybridized carbons (Fsp3) is 0.429. The van der Waals surface area contributed by atoms with Crippen molar-refractivity contribution in [3.63, 3.8) is 0 Å². The van der Waals surface area contributed by atoms with E-state index in [1.807, 2.05) is 13.8 Å². The molecule has 0 atom stereocenters. The van der Waals surface area contributed by atoms with Gasteiger partial charge in [-0.05, 0) is 47.0 Å². The predicted octanol–water partition coefficient (Wildman–Crippen LogP) is 2.49. The summed E-state index contributed by atoms with van der Waals surface area (Å²) in [7, 11) is 0. The Balaban J connectivity index is 2.50. The first-order valence-electron chi connectivity index (χ1n) is 6.49. The van der Waals surface area contributed by atoms with E-state index < -0.39 is 5.97 Å². The van der Waals surface area contributed by atoms with Gasteiger partial charge in [-0.3, -0.25) is 4.79 Å². The van der Waals surface area contributed by atoms with Crippen molar-refractivity contribution in [3.05, 3.63) is 28.2 Å². The summed E-state index contributed by atoms with van der Waals surface area (Å²) in [6, 6.07) is 4.87. The van der Waals surface area contributed by atoms with Crippen molar-refractivity contribution in [3.8, 4) is 0 Å². The zero-order chi connectivity index (χ0) is 15.1. The maximum atomic E-state index is 11.8. The number of nitrogens with one attached hydrogen (secondary N) is 1. The smallest absolute Gasteiger partial charge is 0.338 e. The van der Waals surface area contributed by atoms with Crippen LogP contribution in [0.5, 0.6) is 0 Å². The quantitative estimate of drug-likeness (QED) is 0.614. The molecular weight excluding hydrogens is 324 g/mol. The second-order valence-corrected chi connectivity index (χ2v) is 5.25. The second-order valence-electron chi connectivity index (χ2n) is 4.39. The molecule has 0 saturated heterocycles. The summed E-state index contributed by atoms with van der Waals surface area (Å²) in [6.07, 6.45) is 1.69. The monoisotopic (exact) mass is 342 g/mol. The molecule has 6 heteroatoms. The lowest BCUT2D eigenvalue weighted by molar-refractivity contribution is -0.125. The molecule has 0 spiro atoms. The number of rotatable bonds is 6. The van der Waals surface area contributed by atoms with E-state index in [0.717, 1.165) is 12.8 Å². The Kier molecular flexibility index (Phi) is 6.51. The fourth-order valence-corrected chi connectivity index (χ4v) is 1.89. The van der Waals surface area contributed by atoms with Gasteiger partial charge in [-0.25, -0.2) is 4.79 Å². The van der Waals surface area contributed by atoms with Crippen molar-refractivity contribution >= 4 is 33.5 Å². The van der Waals surface area contributed by atoms with E-state index in [-0.39, 0.29) is 18.6 Å². The summed E-state index contributed by atoms with van der Waals surface area (Å²) < 4.78 is 5.66. The zero-order valence-electron chi connectivity index (χ0n) is 11.6. The van der Waals surface area contributed by atoms with Crippen molar-refractivity contribution in [2.24, 2.45) is 0 Å². The summed E-state index contributed by atoms with van der Waals surface area (Å²) in [6.45, 7) is 3.70. The van der Waals surface area contributed by atoms with Crippen LogP contribution in [0.15, 0.2) is 22.7 Å². The molecule has 0 fully saturated rings. The lowest BCUT2D eigenvalue weighted by Crippen LogP contribution is -2.36. The van der Waals surface area contributed by atoms with Gasteiger partial charge >= 0.3 is 5.97 Å². The van der Waals surface area contributed by atoms with E-state index in [1.54, 1.807) is 12.1 Å².